The lowest BCUT2D eigenvalue weighted by molar-refractivity contribution is -0.121. The first-order chi connectivity index (χ1) is 9.61. The van der Waals surface area contributed by atoms with Crippen LogP contribution in [0.1, 0.15) is 58.8 Å². The third-order valence-electron chi connectivity index (χ3n) is 4.04. The molecule has 4 nitrogen and oxygen atoms in total. The van der Waals surface area contributed by atoms with Crippen LogP contribution in [0.4, 0.5) is 0 Å². The zero-order valence-corrected chi connectivity index (χ0v) is 15.8. The first-order valence-electron chi connectivity index (χ1n) is 8.33. The van der Waals surface area contributed by atoms with Gasteiger partial charge in [-0.1, -0.05) is 19.8 Å². The van der Waals surface area contributed by atoms with Crippen LogP contribution in [-0.2, 0) is 4.79 Å². The van der Waals surface area contributed by atoms with E-state index in [0.717, 1.165) is 44.7 Å². The quantitative estimate of drug-likeness (QED) is 0.625. The molecule has 1 saturated heterocycles. The van der Waals surface area contributed by atoms with Gasteiger partial charge in [-0.15, -0.1) is 24.8 Å². The van der Waals surface area contributed by atoms with Crippen LogP contribution in [0, 0.1) is 5.92 Å². The molecule has 2 atom stereocenters. The van der Waals surface area contributed by atoms with Gasteiger partial charge in [0.2, 0.25) is 5.91 Å². The number of piperidine rings is 1. The van der Waals surface area contributed by atoms with E-state index in [2.05, 4.69) is 24.1 Å². The zero-order chi connectivity index (χ0) is 14.8. The van der Waals surface area contributed by atoms with Crippen LogP contribution in [0.25, 0.3) is 0 Å². The number of amides is 1. The summed E-state index contributed by atoms with van der Waals surface area (Å²) in [5, 5.41) is 3.13. The number of rotatable bonds is 9. The van der Waals surface area contributed by atoms with E-state index in [1.165, 1.54) is 25.9 Å². The maximum Gasteiger partial charge on any atom is 0.220 e. The van der Waals surface area contributed by atoms with E-state index in [1.54, 1.807) is 0 Å². The maximum absolute atomic E-state index is 11.8. The van der Waals surface area contributed by atoms with Gasteiger partial charge in [-0.3, -0.25) is 4.79 Å². The van der Waals surface area contributed by atoms with Crippen LogP contribution in [0.2, 0.25) is 0 Å². The molecule has 1 aliphatic rings. The molecule has 0 aliphatic carbocycles. The Hall–Kier alpha value is -0.0300. The van der Waals surface area contributed by atoms with E-state index >= 15 is 0 Å². The van der Waals surface area contributed by atoms with Gasteiger partial charge in [0.25, 0.3) is 0 Å². The van der Waals surface area contributed by atoms with Crippen molar-refractivity contribution < 1.29 is 4.79 Å². The van der Waals surface area contributed by atoms with Gasteiger partial charge >= 0.3 is 0 Å². The Morgan fingerprint density at radius 2 is 1.95 bits per heavy atom. The fourth-order valence-electron chi connectivity index (χ4n) is 3.02. The minimum Gasteiger partial charge on any atom is -0.352 e. The molecule has 0 bridgehead atoms. The molecule has 2 unspecified atom stereocenters. The molecule has 0 aromatic carbocycles. The fraction of sp³-hybridized carbons (Fsp3) is 0.938. The SMILES string of the molecule is CC1CCCN(CC(C)NC(=O)CCCCCCN)C1.Cl.Cl. The number of hydrogen-bond acceptors (Lipinski definition) is 3. The first-order valence-corrected chi connectivity index (χ1v) is 8.33. The third kappa shape index (κ3) is 11.5. The number of hydrogen-bond donors (Lipinski definition) is 2. The lowest BCUT2D eigenvalue weighted by Crippen LogP contribution is -2.45. The van der Waals surface area contributed by atoms with E-state index in [0.29, 0.717) is 6.42 Å². The van der Waals surface area contributed by atoms with Crippen molar-refractivity contribution in [1.29, 1.82) is 0 Å². The van der Waals surface area contributed by atoms with Gasteiger partial charge in [0.15, 0.2) is 0 Å². The van der Waals surface area contributed by atoms with Gasteiger partial charge in [0.1, 0.15) is 0 Å². The van der Waals surface area contributed by atoms with E-state index in [-0.39, 0.29) is 36.8 Å². The average Bonchev–Trinajstić information content (AvgIpc) is 2.38. The largest absolute Gasteiger partial charge is 0.352 e. The first kappa shape index (κ1) is 24.2. The van der Waals surface area contributed by atoms with Crippen molar-refractivity contribution in [3.63, 3.8) is 0 Å². The molecule has 1 heterocycles. The molecule has 134 valence electrons. The average molecular weight is 356 g/mol. The summed E-state index contributed by atoms with van der Waals surface area (Å²) in [6, 6.07) is 0.261. The third-order valence-corrected chi connectivity index (χ3v) is 4.04. The molecule has 0 spiro atoms. The smallest absolute Gasteiger partial charge is 0.220 e. The predicted octanol–water partition coefficient (Wildman–Crippen LogP) is 2.98. The summed E-state index contributed by atoms with van der Waals surface area (Å²) in [6.45, 7) is 8.55. The van der Waals surface area contributed by atoms with Crippen LogP contribution >= 0.6 is 24.8 Å². The summed E-state index contributed by atoms with van der Waals surface area (Å²) in [5.41, 5.74) is 5.45. The highest BCUT2D eigenvalue weighted by molar-refractivity contribution is 5.85. The highest BCUT2D eigenvalue weighted by Crippen LogP contribution is 2.15. The number of likely N-dealkylation sites (tertiary alicyclic amines) is 1. The van der Waals surface area contributed by atoms with Gasteiger partial charge in [-0.25, -0.2) is 0 Å². The van der Waals surface area contributed by atoms with Gasteiger partial charge in [-0.2, -0.15) is 0 Å². The molecular weight excluding hydrogens is 321 g/mol. The van der Waals surface area contributed by atoms with E-state index in [1.807, 2.05) is 0 Å². The summed E-state index contributed by atoms with van der Waals surface area (Å²) in [4.78, 5) is 14.3. The molecule has 0 aromatic heterocycles. The minimum absolute atomic E-state index is 0. The molecule has 1 fully saturated rings. The Morgan fingerprint density at radius 1 is 1.27 bits per heavy atom. The van der Waals surface area contributed by atoms with Crippen molar-refractivity contribution >= 4 is 30.7 Å². The second-order valence-electron chi connectivity index (χ2n) is 6.43. The minimum atomic E-state index is 0. The van der Waals surface area contributed by atoms with Crippen LogP contribution in [0.5, 0.6) is 0 Å². The molecule has 22 heavy (non-hydrogen) atoms. The van der Waals surface area contributed by atoms with Gasteiger partial charge in [-0.05, 0) is 51.6 Å². The molecule has 0 saturated carbocycles. The molecule has 1 aliphatic heterocycles. The van der Waals surface area contributed by atoms with Crippen LogP contribution in [-0.4, -0.2) is 43.0 Å². The Bertz CT molecular complexity index is 280. The van der Waals surface area contributed by atoms with E-state index < -0.39 is 0 Å². The summed E-state index contributed by atoms with van der Waals surface area (Å²) < 4.78 is 0. The molecule has 1 rings (SSSR count). The lowest BCUT2D eigenvalue weighted by atomic mass is 10.00. The number of carbonyl (C=O) groups excluding carboxylic acids is 1. The second kappa shape index (κ2) is 14.6. The van der Waals surface area contributed by atoms with Crippen molar-refractivity contribution in [2.24, 2.45) is 11.7 Å². The molecule has 6 heteroatoms. The lowest BCUT2D eigenvalue weighted by Gasteiger charge is -2.32. The Kier molecular flexibility index (Phi) is 16.0. The molecule has 1 amide bonds. The summed E-state index contributed by atoms with van der Waals surface area (Å²) >= 11 is 0. The Morgan fingerprint density at radius 3 is 2.59 bits per heavy atom. The van der Waals surface area contributed by atoms with Crippen molar-refractivity contribution in [2.75, 3.05) is 26.2 Å². The van der Waals surface area contributed by atoms with Gasteiger partial charge in [0, 0.05) is 25.6 Å². The van der Waals surface area contributed by atoms with E-state index in [9.17, 15) is 4.79 Å². The van der Waals surface area contributed by atoms with Crippen LogP contribution in [0.3, 0.4) is 0 Å². The van der Waals surface area contributed by atoms with Gasteiger partial charge < -0.3 is 16.0 Å². The summed E-state index contributed by atoms with van der Waals surface area (Å²) in [6.07, 6.45) is 7.62. The predicted molar refractivity (Wildman–Crippen MR) is 99.1 cm³/mol. The highest BCUT2D eigenvalue weighted by atomic mass is 35.5. The monoisotopic (exact) mass is 355 g/mol. The van der Waals surface area contributed by atoms with Gasteiger partial charge in [0.05, 0.1) is 0 Å². The summed E-state index contributed by atoms with van der Waals surface area (Å²) in [7, 11) is 0. The second-order valence-corrected chi connectivity index (χ2v) is 6.43. The van der Waals surface area contributed by atoms with Crippen LogP contribution in [0.15, 0.2) is 0 Å². The topological polar surface area (TPSA) is 58.4 Å². The number of nitrogens with zero attached hydrogens (tertiary/aromatic N) is 1. The Labute approximate surface area is 148 Å². The molecule has 3 N–H and O–H groups in total. The number of halogens is 2. The fourth-order valence-corrected chi connectivity index (χ4v) is 3.02. The molecule has 0 radical (unpaired) electrons. The van der Waals surface area contributed by atoms with Crippen molar-refractivity contribution in [3.8, 4) is 0 Å². The van der Waals surface area contributed by atoms with Crippen molar-refractivity contribution in [1.82, 2.24) is 10.2 Å². The van der Waals surface area contributed by atoms with E-state index in [4.69, 9.17) is 5.73 Å². The van der Waals surface area contributed by atoms with Crippen molar-refractivity contribution in [3.05, 3.63) is 0 Å². The molecule has 0 aromatic rings. The Balaban J connectivity index is 0. The summed E-state index contributed by atoms with van der Waals surface area (Å²) in [5.74, 6) is 1.00. The number of carbonyl (C=O) groups is 1. The zero-order valence-electron chi connectivity index (χ0n) is 14.2. The molecular formula is C16H35Cl2N3O. The maximum atomic E-state index is 11.8. The number of nitrogens with one attached hydrogen (secondary N) is 1. The van der Waals surface area contributed by atoms with Crippen molar-refractivity contribution in [2.45, 2.75) is 64.8 Å². The standard InChI is InChI=1S/C16H33N3O.2ClH/c1-14-8-7-11-19(12-14)13-15(2)18-16(20)9-5-3-4-6-10-17;;/h14-15H,3-13,17H2,1-2H3,(H,18,20);2*1H. The number of unbranched alkanes of at least 4 members (excludes halogenated alkanes) is 3. The normalized spacial score (nSPS) is 19.7. The van der Waals surface area contributed by atoms with Crippen LogP contribution < -0.4 is 11.1 Å². The number of nitrogens with two attached hydrogens (primary N) is 1. The highest BCUT2D eigenvalue weighted by Gasteiger charge is 2.18.